The van der Waals surface area contributed by atoms with Crippen molar-refractivity contribution in [2.45, 2.75) is 11.8 Å². The molecule has 6 heteroatoms. The van der Waals surface area contributed by atoms with Crippen LogP contribution < -0.4 is 4.72 Å². The van der Waals surface area contributed by atoms with Crippen LogP contribution in [-0.4, -0.2) is 13.5 Å². The Kier molecular flexibility index (Phi) is 3.82. The predicted octanol–water partition coefficient (Wildman–Crippen LogP) is 3.26. The third-order valence-corrected chi connectivity index (χ3v) is 4.43. The van der Waals surface area contributed by atoms with Crippen LogP contribution in [0.1, 0.15) is 5.56 Å². The van der Waals surface area contributed by atoms with Gasteiger partial charge in [0.2, 0.25) is 0 Å². The largest absolute Gasteiger partial charge is 0.508 e. The van der Waals surface area contributed by atoms with Gasteiger partial charge in [-0.05, 0) is 36.8 Å². The van der Waals surface area contributed by atoms with E-state index < -0.39 is 10.0 Å². The van der Waals surface area contributed by atoms with Gasteiger partial charge >= 0.3 is 0 Å². The van der Waals surface area contributed by atoms with Crippen LogP contribution >= 0.6 is 15.9 Å². The second-order valence-electron chi connectivity index (χ2n) is 4.06. The van der Waals surface area contributed by atoms with E-state index in [2.05, 4.69) is 20.7 Å². The van der Waals surface area contributed by atoms with E-state index in [1.807, 2.05) is 19.1 Å². The van der Waals surface area contributed by atoms with E-state index in [1.165, 1.54) is 24.3 Å². The standard InChI is InChI=1S/C13H12BrNO3S/c1-9-5-6-10(14)7-13(9)15-19(17,18)12-4-2-3-11(16)8-12/h2-8,15-16H,1H3. The Morgan fingerprint density at radius 3 is 2.58 bits per heavy atom. The lowest BCUT2D eigenvalue weighted by molar-refractivity contribution is 0.473. The minimum absolute atomic E-state index is 0.0203. The van der Waals surface area contributed by atoms with Gasteiger partial charge in [-0.3, -0.25) is 4.72 Å². The van der Waals surface area contributed by atoms with Gasteiger partial charge in [-0.2, -0.15) is 0 Å². The zero-order valence-corrected chi connectivity index (χ0v) is 12.5. The first-order chi connectivity index (χ1) is 8.88. The Bertz CT molecular complexity index is 714. The topological polar surface area (TPSA) is 66.4 Å². The number of hydrogen-bond acceptors (Lipinski definition) is 3. The van der Waals surface area contributed by atoms with Crippen LogP contribution in [0, 0.1) is 6.92 Å². The molecule has 0 radical (unpaired) electrons. The molecule has 0 aromatic heterocycles. The Morgan fingerprint density at radius 1 is 1.16 bits per heavy atom. The van der Waals surface area contributed by atoms with Gasteiger partial charge in [0.05, 0.1) is 10.6 Å². The maximum Gasteiger partial charge on any atom is 0.262 e. The lowest BCUT2D eigenvalue weighted by atomic mass is 10.2. The van der Waals surface area contributed by atoms with E-state index >= 15 is 0 Å². The average molecular weight is 342 g/mol. The average Bonchev–Trinajstić information content (AvgIpc) is 2.33. The Balaban J connectivity index is 2.39. The number of hydrogen-bond donors (Lipinski definition) is 2. The molecule has 0 fully saturated rings. The number of phenols is 1. The molecule has 0 bridgehead atoms. The van der Waals surface area contributed by atoms with Crippen LogP contribution in [-0.2, 0) is 10.0 Å². The molecule has 0 atom stereocenters. The Labute approximate surface area is 120 Å². The summed E-state index contributed by atoms with van der Waals surface area (Å²) in [6.45, 7) is 1.81. The summed E-state index contributed by atoms with van der Waals surface area (Å²) in [6.07, 6.45) is 0. The van der Waals surface area contributed by atoms with Crippen molar-refractivity contribution in [3.05, 3.63) is 52.5 Å². The number of rotatable bonds is 3. The monoisotopic (exact) mass is 341 g/mol. The van der Waals surface area contributed by atoms with Crippen molar-refractivity contribution in [1.29, 1.82) is 0 Å². The summed E-state index contributed by atoms with van der Waals surface area (Å²) < 4.78 is 27.6. The molecule has 19 heavy (non-hydrogen) atoms. The zero-order valence-electron chi connectivity index (χ0n) is 10.1. The van der Waals surface area contributed by atoms with Crippen LogP contribution in [0.5, 0.6) is 5.75 Å². The van der Waals surface area contributed by atoms with E-state index in [0.29, 0.717) is 5.69 Å². The van der Waals surface area contributed by atoms with Gasteiger partial charge in [0, 0.05) is 10.5 Å². The molecule has 2 N–H and O–H groups in total. The van der Waals surface area contributed by atoms with Gasteiger partial charge < -0.3 is 5.11 Å². The number of benzene rings is 2. The molecule has 2 rings (SSSR count). The third-order valence-electron chi connectivity index (χ3n) is 2.57. The smallest absolute Gasteiger partial charge is 0.262 e. The highest BCUT2D eigenvalue weighted by molar-refractivity contribution is 9.10. The van der Waals surface area contributed by atoms with E-state index in [-0.39, 0.29) is 10.6 Å². The summed E-state index contributed by atoms with van der Waals surface area (Å²) >= 11 is 3.30. The van der Waals surface area contributed by atoms with Gasteiger partial charge in [0.15, 0.2) is 0 Å². The summed E-state index contributed by atoms with van der Waals surface area (Å²) in [6, 6.07) is 10.9. The van der Waals surface area contributed by atoms with Gasteiger partial charge in [0.1, 0.15) is 5.75 Å². The highest BCUT2D eigenvalue weighted by Crippen LogP contribution is 2.24. The number of halogens is 1. The Hall–Kier alpha value is -1.53. The molecule has 0 unspecified atom stereocenters. The third kappa shape index (κ3) is 3.27. The molecule has 0 saturated heterocycles. The van der Waals surface area contributed by atoms with Crippen LogP contribution in [0.4, 0.5) is 5.69 Å². The summed E-state index contributed by atoms with van der Waals surface area (Å²) in [5, 5.41) is 9.34. The summed E-state index contributed by atoms with van der Waals surface area (Å²) in [7, 11) is -3.71. The first-order valence-corrected chi connectivity index (χ1v) is 7.74. The van der Waals surface area contributed by atoms with Gasteiger partial charge in [-0.25, -0.2) is 8.42 Å². The number of aryl methyl sites for hydroxylation is 1. The summed E-state index contributed by atoms with van der Waals surface area (Å²) in [4.78, 5) is 0.0203. The maximum absolute atomic E-state index is 12.2. The lowest BCUT2D eigenvalue weighted by Crippen LogP contribution is -2.13. The minimum atomic E-state index is -3.71. The van der Waals surface area contributed by atoms with Crippen molar-refractivity contribution in [2.24, 2.45) is 0 Å². The van der Waals surface area contributed by atoms with E-state index in [9.17, 15) is 13.5 Å². The molecule has 0 heterocycles. The van der Waals surface area contributed by atoms with Crippen molar-refractivity contribution in [3.8, 4) is 5.75 Å². The van der Waals surface area contributed by atoms with E-state index in [4.69, 9.17) is 0 Å². The zero-order chi connectivity index (χ0) is 14.0. The summed E-state index contributed by atoms with van der Waals surface area (Å²) in [5.74, 6) is -0.0890. The van der Waals surface area contributed by atoms with Crippen LogP contribution in [0.15, 0.2) is 51.8 Å². The second kappa shape index (κ2) is 5.22. The highest BCUT2D eigenvalue weighted by atomic mass is 79.9. The molecule has 0 saturated carbocycles. The van der Waals surface area contributed by atoms with Crippen molar-refractivity contribution < 1.29 is 13.5 Å². The molecule has 0 aliphatic rings. The second-order valence-corrected chi connectivity index (χ2v) is 6.66. The molecule has 0 aliphatic carbocycles. The molecule has 2 aromatic rings. The van der Waals surface area contributed by atoms with E-state index in [0.717, 1.165) is 10.0 Å². The lowest BCUT2D eigenvalue weighted by Gasteiger charge is -2.11. The maximum atomic E-state index is 12.2. The number of anilines is 1. The first kappa shape index (κ1) is 13.9. The molecule has 0 aliphatic heterocycles. The minimum Gasteiger partial charge on any atom is -0.508 e. The number of phenolic OH excluding ortho intramolecular Hbond substituents is 1. The normalized spacial score (nSPS) is 11.3. The SMILES string of the molecule is Cc1ccc(Br)cc1NS(=O)(=O)c1cccc(O)c1. The molecule has 2 aromatic carbocycles. The Morgan fingerprint density at radius 2 is 1.89 bits per heavy atom. The number of nitrogens with one attached hydrogen (secondary N) is 1. The molecular weight excluding hydrogens is 330 g/mol. The van der Waals surface area contributed by atoms with Gasteiger partial charge in [0.25, 0.3) is 10.0 Å². The van der Waals surface area contributed by atoms with Crippen molar-refractivity contribution >= 4 is 31.6 Å². The van der Waals surface area contributed by atoms with Gasteiger partial charge in [-0.15, -0.1) is 0 Å². The number of sulfonamides is 1. The highest BCUT2D eigenvalue weighted by Gasteiger charge is 2.15. The molecule has 0 spiro atoms. The quantitative estimate of drug-likeness (QED) is 0.900. The first-order valence-electron chi connectivity index (χ1n) is 5.46. The van der Waals surface area contributed by atoms with E-state index in [1.54, 1.807) is 6.07 Å². The molecule has 0 amide bonds. The van der Waals surface area contributed by atoms with Crippen LogP contribution in [0.2, 0.25) is 0 Å². The fraction of sp³-hybridized carbons (Fsp3) is 0.0769. The number of aromatic hydroxyl groups is 1. The summed E-state index contributed by atoms with van der Waals surface area (Å²) in [5.41, 5.74) is 1.31. The van der Waals surface area contributed by atoms with Crippen molar-refractivity contribution in [1.82, 2.24) is 0 Å². The fourth-order valence-electron chi connectivity index (χ4n) is 1.56. The van der Waals surface area contributed by atoms with Crippen molar-refractivity contribution in [2.75, 3.05) is 4.72 Å². The molecule has 4 nitrogen and oxygen atoms in total. The van der Waals surface area contributed by atoms with Crippen molar-refractivity contribution in [3.63, 3.8) is 0 Å². The predicted molar refractivity (Wildman–Crippen MR) is 77.8 cm³/mol. The molecular formula is C13H12BrNO3S. The molecule has 100 valence electrons. The fourth-order valence-corrected chi connectivity index (χ4v) is 3.08. The van der Waals surface area contributed by atoms with Crippen LogP contribution in [0.3, 0.4) is 0 Å². The van der Waals surface area contributed by atoms with Gasteiger partial charge in [-0.1, -0.05) is 28.1 Å². The van der Waals surface area contributed by atoms with Crippen LogP contribution in [0.25, 0.3) is 0 Å².